The Hall–Kier alpha value is -2.58. The van der Waals surface area contributed by atoms with Gasteiger partial charge in [-0.2, -0.15) is 4.72 Å². The highest BCUT2D eigenvalue weighted by atomic mass is 32.2. The third kappa shape index (κ3) is 3.13. The molecular formula is C15H15N3O4S. The molecule has 2 aromatic carbocycles. The third-order valence-corrected chi connectivity index (χ3v) is 4.85. The van der Waals surface area contributed by atoms with Crippen LogP contribution in [0.5, 0.6) is 5.75 Å². The van der Waals surface area contributed by atoms with Gasteiger partial charge in [0.25, 0.3) is 5.91 Å². The van der Waals surface area contributed by atoms with E-state index < -0.39 is 22.1 Å². The maximum absolute atomic E-state index is 12.3. The number of amides is 1. The summed E-state index contributed by atoms with van der Waals surface area (Å²) in [4.78, 5) is 12.4. The Kier molecular flexibility index (Phi) is 3.93. The molecule has 0 saturated carbocycles. The topological polar surface area (TPSA) is 96.5 Å². The molecule has 0 bridgehead atoms. The smallest absolute Gasteiger partial charge is 0.262 e. The van der Waals surface area contributed by atoms with Crippen molar-refractivity contribution < 1.29 is 17.9 Å². The second-order valence-corrected chi connectivity index (χ2v) is 6.59. The Morgan fingerprint density at radius 2 is 1.83 bits per heavy atom. The molecular weight excluding hydrogens is 318 g/mol. The van der Waals surface area contributed by atoms with Crippen LogP contribution in [0.3, 0.4) is 0 Å². The second-order valence-electron chi connectivity index (χ2n) is 4.91. The van der Waals surface area contributed by atoms with E-state index in [1.165, 1.54) is 6.07 Å². The van der Waals surface area contributed by atoms with Crippen LogP contribution in [-0.2, 0) is 14.8 Å². The minimum Gasteiger partial charge on any atom is -0.497 e. The lowest BCUT2D eigenvalue weighted by atomic mass is 10.2. The molecule has 1 aliphatic heterocycles. The Morgan fingerprint density at radius 3 is 2.52 bits per heavy atom. The molecule has 0 unspecified atom stereocenters. The summed E-state index contributed by atoms with van der Waals surface area (Å²) >= 11 is 0. The van der Waals surface area contributed by atoms with E-state index in [4.69, 9.17) is 4.74 Å². The van der Waals surface area contributed by atoms with Gasteiger partial charge < -0.3 is 15.4 Å². The molecule has 120 valence electrons. The van der Waals surface area contributed by atoms with Gasteiger partial charge in [-0.3, -0.25) is 4.79 Å². The van der Waals surface area contributed by atoms with E-state index in [1.54, 1.807) is 49.6 Å². The number of fused-ring (bicyclic) bond motifs is 1. The van der Waals surface area contributed by atoms with Gasteiger partial charge in [-0.1, -0.05) is 12.1 Å². The monoisotopic (exact) mass is 333 g/mol. The van der Waals surface area contributed by atoms with E-state index in [9.17, 15) is 13.2 Å². The number of sulfonamides is 1. The van der Waals surface area contributed by atoms with Crippen LogP contribution in [0.2, 0.25) is 0 Å². The number of benzene rings is 2. The fraction of sp³-hybridized carbons (Fsp3) is 0.133. The van der Waals surface area contributed by atoms with Gasteiger partial charge in [-0.15, -0.1) is 0 Å². The Labute approximate surface area is 133 Å². The molecule has 7 nitrogen and oxygen atoms in total. The van der Waals surface area contributed by atoms with Gasteiger partial charge in [-0.05, 0) is 36.4 Å². The van der Waals surface area contributed by atoms with Crippen molar-refractivity contribution in [1.29, 1.82) is 0 Å². The number of carbonyl (C=O) groups excluding carboxylic acids is 1. The highest BCUT2D eigenvalue weighted by Gasteiger charge is 2.32. The molecule has 1 amide bonds. The Bertz CT molecular complexity index is 834. The van der Waals surface area contributed by atoms with Gasteiger partial charge in [0.15, 0.2) is 6.17 Å². The van der Waals surface area contributed by atoms with E-state index in [2.05, 4.69) is 15.4 Å². The van der Waals surface area contributed by atoms with Crippen LogP contribution in [0.4, 0.5) is 11.4 Å². The molecule has 0 aliphatic carbocycles. The number of hydrogen-bond donors (Lipinski definition) is 3. The molecule has 23 heavy (non-hydrogen) atoms. The molecule has 3 N–H and O–H groups in total. The van der Waals surface area contributed by atoms with Crippen LogP contribution in [0.25, 0.3) is 0 Å². The van der Waals surface area contributed by atoms with Gasteiger partial charge in [0.1, 0.15) is 10.6 Å². The number of hydrogen-bond acceptors (Lipinski definition) is 5. The summed E-state index contributed by atoms with van der Waals surface area (Å²) < 4.78 is 31.7. The number of carbonyl (C=O) groups is 1. The molecule has 0 spiro atoms. The van der Waals surface area contributed by atoms with Crippen LogP contribution >= 0.6 is 0 Å². The highest BCUT2D eigenvalue weighted by molar-refractivity contribution is 7.89. The number of methoxy groups -OCH3 is 1. The summed E-state index contributed by atoms with van der Waals surface area (Å²) in [6.07, 6.45) is -1.09. The molecule has 0 radical (unpaired) electrons. The van der Waals surface area contributed by atoms with Crippen LogP contribution < -0.4 is 20.1 Å². The lowest BCUT2D eigenvalue weighted by Gasteiger charge is -2.27. The first-order chi connectivity index (χ1) is 11.0. The molecule has 0 aromatic heterocycles. The summed E-state index contributed by atoms with van der Waals surface area (Å²) in [6.45, 7) is 0. The largest absolute Gasteiger partial charge is 0.497 e. The molecule has 0 saturated heterocycles. The van der Waals surface area contributed by atoms with Crippen molar-refractivity contribution in [3.63, 3.8) is 0 Å². The predicted octanol–water partition coefficient (Wildman–Crippen LogP) is 1.36. The normalized spacial score (nSPS) is 18.4. The Balaban J connectivity index is 1.78. The van der Waals surface area contributed by atoms with Crippen molar-refractivity contribution in [2.24, 2.45) is 0 Å². The highest BCUT2D eigenvalue weighted by Crippen LogP contribution is 2.25. The fourth-order valence-electron chi connectivity index (χ4n) is 2.23. The minimum atomic E-state index is -3.73. The number of nitrogens with one attached hydrogen (secondary N) is 3. The SMILES string of the molecule is COc1ccc(NC(=O)[C@H]2Nc3ccccc3S(=O)(=O)N2)cc1. The lowest BCUT2D eigenvalue weighted by molar-refractivity contribution is -0.117. The number of anilines is 2. The molecule has 1 heterocycles. The van der Waals surface area contributed by atoms with Gasteiger partial charge in [-0.25, -0.2) is 8.42 Å². The van der Waals surface area contributed by atoms with E-state index in [0.717, 1.165) is 0 Å². The zero-order valence-corrected chi connectivity index (χ0v) is 13.1. The van der Waals surface area contributed by atoms with Crippen molar-refractivity contribution in [3.8, 4) is 5.75 Å². The van der Waals surface area contributed by atoms with Crippen molar-refractivity contribution in [3.05, 3.63) is 48.5 Å². The maximum atomic E-state index is 12.3. The summed E-state index contributed by atoms with van der Waals surface area (Å²) in [6, 6.07) is 13.1. The maximum Gasteiger partial charge on any atom is 0.262 e. The van der Waals surface area contributed by atoms with E-state index in [1.807, 2.05) is 0 Å². The third-order valence-electron chi connectivity index (χ3n) is 3.37. The fourth-order valence-corrected chi connectivity index (χ4v) is 3.51. The van der Waals surface area contributed by atoms with Crippen LogP contribution in [0.15, 0.2) is 53.4 Å². The van der Waals surface area contributed by atoms with Gasteiger partial charge in [0.05, 0.1) is 12.8 Å². The minimum absolute atomic E-state index is 0.119. The quantitative estimate of drug-likeness (QED) is 0.788. The first-order valence-electron chi connectivity index (χ1n) is 6.82. The van der Waals surface area contributed by atoms with Crippen molar-refractivity contribution in [2.45, 2.75) is 11.1 Å². The summed E-state index contributed by atoms with van der Waals surface area (Å²) in [5.41, 5.74) is 0.928. The van der Waals surface area contributed by atoms with Gasteiger partial charge >= 0.3 is 0 Å². The summed E-state index contributed by atoms with van der Waals surface area (Å²) in [7, 11) is -2.19. The van der Waals surface area contributed by atoms with Gasteiger partial charge in [0.2, 0.25) is 10.0 Å². The van der Waals surface area contributed by atoms with Crippen molar-refractivity contribution >= 4 is 27.3 Å². The molecule has 0 fully saturated rings. The van der Waals surface area contributed by atoms with Crippen LogP contribution in [0.1, 0.15) is 0 Å². The molecule has 8 heteroatoms. The molecule has 1 atom stereocenters. The second kappa shape index (κ2) is 5.90. The number of ether oxygens (including phenoxy) is 1. The van der Waals surface area contributed by atoms with Crippen molar-refractivity contribution in [2.75, 3.05) is 17.7 Å². The molecule has 1 aliphatic rings. The molecule has 2 aromatic rings. The molecule has 3 rings (SSSR count). The lowest BCUT2D eigenvalue weighted by Crippen LogP contribution is -2.51. The first-order valence-corrected chi connectivity index (χ1v) is 8.31. The summed E-state index contributed by atoms with van der Waals surface area (Å²) in [5, 5.41) is 5.52. The van der Waals surface area contributed by atoms with Crippen LogP contribution in [0, 0.1) is 0 Å². The number of para-hydroxylation sites is 1. The Morgan fingerprint density at radius 1 is 1.13 bits per heavy atom. The zero-order chi connectivity index (χ0) is 16.4. The van der Waals surface area contributed by atoms with Gasteiger partial charge in [0, 0.05) is 5.69 Å². The van der Waals surface area contributed by atoms with E-state index >= 15 is 0 Å². The van der Waals surface area contributed by atoms with Crippen LogP contribution in [-0.4, -0.2) is 27.6 Å². The predicted molar refractivity (Wildman–Crippen MR) is 85.8 cm³/mol. The average molecular weight is 333 g/mol. The average Bonchev–Trinajstić information content (AvgIpc) is 2.55. The van der Waals surface area contributed by atoms with E-state index in [-0.39, 0.29) is 4.90 Å². The summed E-state index contributed by atoms with van der Waals surface area (Å²) in [5.74, 6) is 0.154. The zero-order valence-electron chi connectivity index (χ0n) is 12.2. The van der Waals surface area contributed by atoms with Crippen molar-refractivity contribution in [1.82, 2.24) is 4.72 Å². The standard InChI is InChI=1S/C15H15N3O4S/c1-22-11-8-6-10(7-9-11)16-15(19)14-17-12-4-2-3-5-13(12)23(20,21)18-14/h2-9,14,17-18H,1H3,(H,16,19)/t14-/m0/s1. The number of rotatable bonds is 3. The first kappa shape index (κ1) is 15.3. The van der Waals surface area contributed by atoms with E-state index in [0.29, 0.717) is 17.1 Å².